The molecule has 0 bridgehead atoms. The zero-order valence-corrected chi connectivity index (χ0v) is 15.0. The van der Waals surface area contributed by atoms with Gasteiger partial charge in [-0.05, 0) is 29.0 Å². The Balaban J connectivity index is -0.000000435. The van der Waals surface area contributed by atoms with Gasteiger partial charge in [0.2, 0.25) is 0 Å². The van der Waals surface area contributed by atoms with Crippen LogP contribution in [0.5, 0.6) is 0 Å². The van der Waals surface area contributed by atoms with Crippen LogP contribution in [0.4, 0.5) is 0 Å². The van der Waals surface area contributed by atoms with Crippen molar-refractivity contribution in [3.05, 3.63) is 48.7 Å². The summed E-state index contributed by atoms with van der Waals surface area (Å²) in [5, 5.41) is 0. The van der Waals surface area contributed by atoms with Gasteiger partial charge in [0.25, 0.3) is 0 Å². The summed E-state index contributed by atoms with van der Waals surface area (Å²) in [6, 6.07) is 13.5. The van der Waals surface area contributed by atoms with E-state index in [-0.39, 0.29) is 20.4 Å². The summed E-state index contributed by atoms with van der Waals surface area (Å²) in [5.74, 6) is 0.691. The molecule has 0 atom stereocenters. The van der Waals surface area contributed by atoms with Crippen LogP contribution >= 0.6 is 0 Å². The Hall–Kier alpha value is -2.82. The SMILES string of the molecule is [CH-]=O.[CH-]=O.[CH-]=O.[CH-]=O.[Re].c1ccc(-c2nc3ccccc3[n-]2)nc1. The molecule has 0 amide bonds. The van der Waals surface area contributed by atoms with Gasteiger partial charge in [-0.3, -0.25) is 32.1 Å². The fourth-order valence-electron chi connectivity index (χ4n) is 1.52. The summed E-state index contributed by atoms with van der Waals surface area (Å²) >= 11 is 0. The monoisotopic (exact) mass is 497 g/mol. The molecule has 24 heavy (non-hydrogen) atoms. The number of aromatic nitrogens is 3. The van der Waals surface area contributed by atoms with Crippen LogP contribution in [0.15, 0.2) is 48.7 Å². The zero-order chi connectivity index (χ0) is 18.1. The first-order valence-corrected chi connectivity index (χ1v) is 5.69. The van der Waals surface area contributed by atoms with Gasteiger partial charge in [0, 0.05) is 26.6 Å². The molecule has 0 aliphatic heterocycles. The van der Waals surface area contributed by atoms with Crippen molar-refractivity contribution in [2.24, 2.45) is 0 Å². The third-order valence-electron chi connectivity index (χ3n) is 2.23. The maximum Gasteiger partial charge on any atom is 0.0620 e. The van der Waals surface area contributed by atoms with E-state index < -0.39 is 0 Å². The van der Waals surface area contributed by atoms with Crippen molar-refractivity contribution in [3.63, 3.8) is 0 Å². The molecule has 0 fully saturated rings. The number of benzene rings is 1. The minimum absolute atomic E-state index is 0. The second-order valence-electron chi connectivity index (χ2n) is 3.25. The molecule has 0 aliphatic rings. The Kier molecular flexibility index (Phi) is 19.8. The molecule has 2 aromatic heterocycles. The summed E-state index contributed by atoms with van der Waals surface area (Å²) in [6.07, 6.45) is 1.75. The molecule has 1 aromatic carbocycles. The third kappa shape index (κ3) is 7.98. The molecule has 7 nitrogen and oxygen atoms in total. The van der Waals surface area contributed by atoms with E-state index in [2.05, 4.69) is 42.1 Å². The van der Waals surface area contributed by atoms with Crippen molar-refractivity contribution in [2.45, 2.75) is 0 Å². The Morgan fingerprint density at radius 1 is 0.750 bits per heavy atom. The normalized spacial score (nSPS) is 7.33. The molecule has 0 aliphatic carbocycles. The molecule has 0 unspecified atom stereocenters. The predicted octanol–water partition coefficient (Wildman–Crippen LogP) is 1.16. The molecule has 127 valence electrons. The standard InChI is InChI=1S/C12H8N3.4CHO.Re/c1-2-6-10-9(5-1)14-12(15-10)11-7-3-4-8-13-11;4*1-2;/h1-8H;4*1H;/q5*-1;. The van der Waals surface area contributed by atoms with E-state index in [0.717, 1.165) is 16.7 Å². The van der Waals surface area contributed by atoms with E-state index in [1.807, 2.05) is 42.5 Å². The van der Waals surface area contributed by atoms with E-state index in [0.29, 0.717) is 5.82 Å². The molecule has 0 saturated heterocycles. The van der Waals surface area contributed by atoms with Crippen LogP contribution in [0.3, 0.4) is 0 Å². The number of para-hydroxylation sites is 2. The molecule has 0 saturated carbocycles. The maximum atomic E-state index is 7.75. The fourth-order valence-corrected chi connectivity index (χ4v) is 1.52. The minimum Gasteiger partial charge on any atom is -0.545 e. The predicted molar refractivity (Wildman–Crippen MR) is 85.3 cm³/mol. The second kappa shape index (κ2) is 18.2. The first kappa shape index (κ1) is 26.1. The maximum absolute atomic E-state index is 7.75. The van der Waals surface area contributed by atoms with Gasteiger partial charge in [0.05, 0.1) is 5.69 Å². The number of hydrogen-bond donors (Lipinski definition) is 0. The first-order valence-electron chi connectivity index (χ1n) is 5.69. The van der Waals surface area contributed by atoms with Gasteiger partial charge in [0.1, 0.15) is 0 Å². The summed E-state index contributed by atoms with van der Waals surface area (Å²) in [6.45, 7) is 13.0. The average Bonchev–Trinajstić information content (AvgIpc) is 3.13. The number of fused-ring (bicyclic) bond motifs is 1. The third-order valence-corrected chi connectivity index (χ3v) is 2.23. The Morgan fingerprint density at radius 2 is 1.29 bits per heavy atom. The van der Waals surface area contributed by atoms with Crippen LogP contribution in [0.25, 0.3) is 22.6 Å². The Labute approximate surface area is 153 Å². The van der Waals surface area contributed by atoms with Crippen LogP contribution in [0.2, 0.25) is 0 Å². The average molecular weight is 496 g/mol. The van der Waals surface area contributed by atoms with Gasteiger partial charge in [-0.15, -0.1) is 0 Å². The molecule has 2 heterocycles. The van der Waals surface area contributed by atoms with Gasteiger partial charge in [-0.25, -0.2) is 0 Å². The topological polar surface area (TPSA) is 108 Å². The van der Waals surface area contributed by atoms with Crippen molar-refractivity contribution in [1.29, 1.82) is 0 Å². The van der Waals surface area contributed by atoms with E-state index >= 15 is 0 Å². The van der Waals surface area contributed by atoms with Crippen molar-refractivity contribution >= 4 is 38.2 Å². The Bertz CT molecular complexity index is 623. The van der Waals surface area contributed by atoms with Gasteiger partial charge in [-0.2, -0.15) is 0 Å². The van der Waals surface area contributed by atoms with Crippen LogP contribution in [-0.4, -0.2) is 37.1 Å². The largest absolute Gasteiger partial charge is 0.545 e. The quantitative estimate of drug-likeness (QED) is 0.367. The molecule has 0 N–H and O–H groups in total. The van der Waals surface area contributed by atoms with Crippen molar-refractivity contribution in [1.82, 2.24) is 15.0 Å². The molecule has 8 heteroatoms. The van der Waals surface area contributed by atoms with Gasteiger partial charge in [-0.1, -0.05) is 30.3 Å². The molecule has 3 aromatic rings. The molecule has 1 radical (unpaired) electrons. The zero-order valence-electron chi connectivity index (χ0n) is 12.3. The summed E-state index contributed by atoms with van der Waals surface area (Å²) in [7, 11) is 0. The number of rotatable bonds is 1. The molecule has 3 rings (SSSR count). The van der Waals surface area contributed by atoms with Crippen LogP contribution < -0.4 is 4.98 Å². The number of pyridine rings is 1. The van der Waals surface area contributed by atoms with E-state index in [9.17, 15) is 0 Å². The smallest absolute Gasteiger partial charge is 0.0620 e. The van der Waals surface area contributed by atoms with Crippen LogP contribution in [0, 0.1) is 0 Å². The van der Waals surface area contributed by atoms with E-state index in [4.69, 9.17) is 19.2 Å². The first-order chi connectivity index (χ1) is 11.4. The van der Waals surface area contributed by atoms with Crippen molar-refractivity contribution in [2.75, 3.05) is 0 Å². The number of hydrogen-bond acceptors (Lipinski definition) is 6. The summed E-state index contributed by atoms with van der Waals surface area (Å²) in [4.78, 5) is 44.0. The molecular formula is C16H12N3O4Re-5. The molecular weight excluding hydrogens is 484 g/mol. The van der Waals surface area contributed by atoms with E-state index in [1.165, 1.54) is 0 Å². The Morgan fingerprint density at radius 3 is 1.79 bits per heavy atom. The summed E-state index contributed by atoms with van der Waals surface area (Å²) in [5.41, 5.74) is 2.64. The van der Waals surface area contributed by atoms with Gasteiger partial charge in [0.15, 0.2) is 0 Å². The molecule has 0 spiro atoms. The minimum atomic E-state index is 0. The van der Waals surface area contributed by atoms with Gasteiger partial charge < -0.3 is 29.1 Å². The van der Waals surface area contributed by atoms with Crippen molar-refractivity contribution < 1.29 is 39.6 Å². The number of imidazole rings is 1. The second-order valence-corrected chi connectivity index (χ2v) is 3.25. The van der Waals surface area contributed by atoms with Crippen LogP contribution in [-0.2, 0) is 39.6 Å². The van der Waals surface area contributed by atoms with Crippen LogP contribution in [0.1, 0.15) is 0 Å². The fraction of sp³-hybridized carbons (Fsp3) is 0. The van der Waals surface area contributed by atoms with Gasteiger partial charge >= 0.3 is 0 Å². The summed E-state index contributed by atoms with van der Waals surface area (Å²) < 4.78 is 0. The number of nitrogens with zero attached hydrogens (tertiary/aromatic N) is 3. The van der Waals surface area contributed by atoms with Crippen molar-refractivity contribution in [3.8, 4) is 11.5 Å². The number of carbonyl (C=O) groups excluding carboxylic acids is 4. The van der Waals surface area contributed by atoms with E-state index in [1.54, 1.807) is 6.20 Å².